The molecule has 2 N–H and O–H groups in total. The van der Waals surface area contributed by atoms with Crippen LogP contribution in [0.5, 0.6) is 0 Å². The van der Waals surface area contributed by atoms with E-state index in [4.69, 9.17) is 4.74 Å². The predicted octanol–water partition coefficient (Wildman–Crippen LogP) is 3.17. The summed E-state index contributed by atoms with van der Waals surface area (Å²) in [6.45, 7) is 7.90. The highest BCUT2D eigenvalue weighted by Gasteiger charge is 2.42. The fourth-order valence-electron chi connectivity index (χ4n) is 3.27. The van der Waals surface area contributed by atoms with Crippen LogP contribution in [0.15, 0.2) is 54.6 Å². The minimum absolute atomic E-state index is 0.190. The zero-order valence-corrected chi connectivity index (χ0v) is 15.8. The number of esters is 1. The van der Waals surface area contributed by atoms with E-state index in [1.54, 1.807) is 0 Å². The fraction of sp³-hybridized carbons (Fsp3) is 0.409. The molecule has 1 aliphatic rings. The Morgan fingerprint density at radius 1 is 1.00 bits per heavy atom. The molecule has 1 heterocycles. The monoisotopic (exact) mass is 352 g/mol. The lowest BCUT2D eigenvalue weighted by atomic mass is 9.88. The summed E-state index contributed by atoms with van der Waals surface area (Å²) in [7, 11) is 0. The molecule has 4 heteroatoms. The molecule has 0 spiro atoms. The van der Waals surface area contributed by atoms with E-state index in [-0.39, 0.29) is 5.97 Å². The lowest BCUT2D eigenvalue weighted by Gasteiger charge is -2.38. The molecule has 138 valence electrons. The van der Waals surface area contributed by atoms with Crippen LogP contribution in [0.4, 0.5) is 0 Å². The van der Waals surface area contributed by atoms with E-state index in [0.717, 1.165) is 18.7 Å². The van der Waals surface area contributed by atoms with Crippen LogP contribution < -0.4 is 10.6 Å². The average molecular weight is 352 g/mol. The van der Waals surface area contributed by atoms with E-state index in [0.29, 0.717) is 13.0 Å². The second kappa shape index (κ2) is 7.60. The molecule has 1 unspecified atom stereocenters. The number of benzene rings is 2. The second-order valence-electron chi connectivity index (χ2n) is 7.93. The molecule has 1 atom stereocenters. The van der Waals surface area contributed by atoms with E-state index < -0.39 is 11.1 Å². The predicted molar refractivity (Wildman–Crippen MR) is 105 cm³/mol. The fourth-order valence-corrected chi connectivity index (χ4v) is 3.27. The quantitative estimate of drug-likeness (QED) is 0.830. The Balaban J connectivity index is 1.80. The summed E-state index contributed by atoms with van der Waals surface area (Å²) in [6, 6.07) is 18.7. The number of nitrogens with one attached hydrogen (secondary N) is 2. The van der Waals surface area contributed by atoms with Crippen LogP contribution >= 0.6 is 0 Å². The second-order valence-corrected chi connectivity index (χ2v) is 7.93. The summed E-state index contributed by atoms with van der Waals surface area (Å²) in [6.07, 6.45) is 0.601. The summed E-state index contributed by atoms with van der Waals surface area (Å²) in [5.41, 5.74) is 2.26. The molecule has 0 bridgehead atoms. The molecule has 0 aromatic heterocycles. The number of piperazine rings is 1. The summed E-state index contributed by atoms with van der Waals surface area (Å²) in [5, 5.41) is 6.75. The Kier molecular flexibility index (Phi) is 5.44. The van der Waals surface area contributed by atoms with Crippen molar-refractivity contribution in [1.82, 2.24) is 10.6 Å². The summed E-state index contributed by atoms with van der Waals surface area (Å²) >= 11 is 0. The summed E-state index contributed by atoms with van der Waals surface area (Å²) < 4.78 is 5.70. The van der Waals surface area contributed by atoms with Gasteiger partial charge in [-0.05, 0) is 37.5 Å². The third-order valence-electron chi connectivity index (χ3n) is 4.55. The van der Waals surface area contributed by atoms with E-state index in [9.17, 15) is 4.79 Å². The molecule has 26 heavy (non-hydrogen) atoms. The zero-order valence-electron chi connectivity index (χ0n) is 15.8. The van der Waals surface area contributed by atoms with Crippen LogP contribution in [0.3, 0.4) is 0 Å². The van der Waals surface area contributed by atoms with Crippen molar-refractivity contribution in [2.75, 3.05) is 19.6 Å². The van der Waals surface area contributed by atoms with Crippen molar-refractivity contribution in [1.29, 1.82) is 0 Å². The minimum atomic E-state index is -0.722. The minimum Gasteiger partial charge on any atom is -0.459 e. The molecule has 1 saturated heterocycles. The van der Waals surface area contributed by atoms with Crippen LogP contribution in [0.25, 0.3) is 11.1 Å². The molecule has 0 radical (unpaired) electrons. The molecule has 0 aliphatic carbocycles. The maximum atomic E-state index is 12.9. The van der Waals surface area contributed by atoms with Crippen molar-refractivity contribution in [3.8, 4) is 11.1 Å². The van der Waals surface area contributed by atoms with Crippen molar-refractivity contribution in [2.45, 2.75) is 38.3 Å². The Bertz CT molecular complexity index is 727. The highest BCUT2D eigenvalue weighted by atomic mass is 16.6. The van der Waals surface area contributed by atoms with Crippen molar-refractivity contribution >= 4 is 5.97 Å². The molecule has 2 aromatic carbocycles. The topological polar surface area (TPSA) is 50.4 Å². The first-order valence-corrected chi connectivity index (χ1v) is 9.22. The van der Waals surface area contributed by atoms with Gasteiger partial charge in [-0.15, -0.1) is 0 Å². The van der Waals surface area contributed by atoms with Crippen molar-refractivity contribution in [2.24, 2.45) is 0 Å². The van der Waals surface area contributed by atoms with Gasteiger partial charge in [0, 0.05) is 26.1 Å². The lowest BCUT2D eigenvalue weighted by molar-refractivity contribution is -0.163. The van der Waals surface area contributed by atoms with E-state index in [2.05, 4.69) is 47.0 Å². The average Bonchev–Trinajstić information content (AvgIpc) is 2.62. The van der Waals surface area contributed by atoms with Crippen LogP contribution in [0.1, 0.15) is 26.3 Å². The van der Waals surface area contributed by atoms with Crippen LogP contribution in [0, 0.1) is 0 Å². The first kappa shape index (κ1) is 18.6. The van der Waals surface area contributed by atoms with E-state index in [1.807, 2.05) is 39.0 Å². The van der Waals surface area contributed by atoms with Gasteiger partial charge in [-0.25, -0.2) is 4.79 Å². The van der Waals surface area contributed by atoms with Gasteiger partial charge in [-0.3, -0.25) is 5.32 Å². The van der Waals surface area contributed by atoms with Gasteiger partial charge >= 0.3 is 5.97 Å². The van der Waals surface area contributed by atoms with Gasteiger partial charge in [0.1, 0.15) is 11.1 Å². The Hall–Kier alpha value is -2.17. The Labute approximate surface area is 156 Å². The molecule has 1 fully saturated rings. The van der Waals surface area contributed by atoms with E-state index in [1.165, 1.54) is 11.1 Å². The first-order chi connectivity index (χ1) is 12.4. The van der Waals surface area contributed by atoms with Gasteiger partial charge in [-0.2, -0.15) is 0 Å². The third-order valence-corrected chi connectivity index (χ3v) is 4.55. The van der Waals surface area contributed by atoms with Crippen LogP contribution in [-0.4, -0.2) is 36.7 Å². The molecule has 1 aliphatic heterocycles. The summed E-state index contributed by atoms with van der Waals surface area (Å²) in [4.78, 5) is 12.9. The largest absolute Gasteiger partial charge is 0.459 e. The molecular weight excluding hydrogens is 324 g/mol. The number of ether oxygens (including phenoxy) is 1. The zero-order chi connectivity index (χ0) is 18.6. The van der Waals surface area contributed by atoms with Crippen molar-refractivity contribution in [3.63, 3.8) is 0 Å². The SMILES string of the molecule is CC(C)(C)OC(=O)C1(Cc2ccc(-c3ccccc3)cc2)CNCCN1. The van der Waals surface area contributed by atoms with E-state index >= 15 is 0 Å². The molecule has 0 saturated carbocycles. The van der Waals surface area contributed by atoms with Crippen LogP contribution in [0.2, 0.25) is 0 Å². The number of hydrogen-bond donors (Lipinski definition) is 2. The number of carbonyl (C=O) groups is 1. The van der Waals surface area contributed by atoms with Crippen molar-refractivity contribution in [3.05, 3.63) is 60.2 Å². The normalized spacial score (nSPS) is 20.6. The lowest BCUT2D eigenvalue weighted by Crippen LogP contribution is -2.66. The highest BCUT2D eigenvalue weighted by molar-refractivity contribution is 5.82. The summed E-state index contributed by atoms with van der Waals surface area (Å²) in [5.74, 6) is -0.190. The van der Waals surface area contributed by atoms with Gasteiger partial charge in [0.25, 0.3) is 0 Å². The first-order valence-electron chi connectivity index (χ1n) is 9.22. The molecule has 0 amide bonds. The number of hydrogen-bond acceptors (Lipinski definition) is 4. The third kappa shape index (κ3) is 4.51. The number of rotatable bonds is 4. The highest BCUT2D eigenvalue weighted by Crippen LogP contribution is 2.24. The number of carbonyl (C=O) groups excluding carboxylic acids is 1. The Morgan fingerprint density at radius 2 is 1.65 bits per heavy atom. The smallest absolute Gasteiger partial charge is 0.328 e. The van der Waals surface area contributed by atoms with Gasteiger partial charge in [0.15, 0.2) is 0 Å². The van der Waals surface area contributed by atoms with Crippen LogP contribution in [-0.2, 0) is 16.0 Å². The van der Waals surface area contributed by atoms with Crippen molar-refractivity contribution < 1.29 is 9.53 Å². The maximum absolute atomic E-state index is 12.9. The molecular formula is C22H28N2O2. The molecule has 3 rings (SSSR count). The van der Waals surface area contributed by atoms with Gasteiger partial charge in [0.05, 0.1) is 0 Å². The van der Waals surface area contributed by atoms with Gasteiger partial charge < -0.3 is 10.1 Å². The maximum Gasteiger partial charge on any atom is 0.328 e. The van der Waals surface area contributed by atoms with Gasteiger partial charge in [-0.1, -0.05) is 54.6 Å². The molecule has 2 aromatic rings. The van der Waals surface area contributed by atoms with Gasteiger partial charge in [0.2, 0.25) is 0 Å². The molecule has 4 nitrogen and oxygen atoms in total. The Morgan fingerprint density at radius 3 is 2.23 bits per heavy atom. The standard InChI is InChI=1S/C22H28N2O2/c1-21(2,3)26-20(25)22(16-23-13-14-24-22)15-17-9-11-19(12-10-17)18-7-5-4-6-8-18/h4-12,23-24H,13-16H2,1-3H3.